The van der Waals surface area contributed by atoms with Crippen LogP contribution in [0.2, 0.25) is 0 Å². The van der Waals surface area contributed by atoms with Gasteiger partial charge in [-0.3, -0.25) is 4.90 Å². The molecule has 5 nitrogen and oxygen atoms in total. The van der Waals surface area contributed by atoms with E-state index in [0.717, 1.165) is 25.0 Å². The second-order valence-corrected chi connectivity index (χ2v) is 5.68. The number of methoxy groups -OCH3 is 2. The number of aromatic carboxylic acids is 1. The average Bonchev–Trinajstić information content (AvgIpc) is 2.53. The van der Waals surface area contributed by atoms with Gasteiger partial charge in [-0.2, -0.15) is 0 Å². The van der Waals surface area contributed by atoms with Crippen LogP contribution in [0.1, 0.15) is 28.8 Å². The molecule has 1 aliphatic heterocycles. The monoisotopic (exact) mass is 329 g/mol. The Kier molecular flexibility index (Phi) is 6.04. The molecule has 0 radical (unpaired) electrons. The summed E-state index contributed by atoms with van der Waals surface area (Å²) in [6.07, 6.45) is 1.35. The molecule has 23 heavy (non-hydrogen) atoms. The van der Waals surface area contributed by atoms with E-state index < -0.39 is 17.6 Å². The summed E-state index contributed by atoms with van der Waals surface area (Å²) >= 11 is 0. The minimum atomic E-state index is -1.35. The topological polar surface area (TPSA) is 59.0 Å². The molecular weight excluding hydrogens is 308 g/mol. The van der Waals surface area contributed by atoms with Gasteiger partial charge >= 0.3 is 5.97 Å². The number of carboxylic acids is 1. The zero-order valence-electron chi connectivity index (χ0n) is 13.2. The lowest BCUT2D eigenvalue weighted by Crippen LogP contribution is -2.38. The summed E-state index contributed by atoms with van der Waals surface area (Å²) < 4.78 is 38.4. The zero-order valence-corrected chi connectivity index (χ0v) is 13.2. The number of rotatable bonds is 6. The molecule has 1 N–H and O–H groups in total. The Balaban J connectivity index is 2.00. The normalized spacial score (nSPS) is 16.9. The van der Waals surface area contributed by atoms with Crippen LogP contribution < -0.4 is 0 Å². The van der Waals surface area contributed by atoms with Gasteiger partial charge in [0.2, 0.25) is 0 Å². The first-order chi connectivity index (χ1) is 11.0. The molecule has 1 fully saturated rings. The molecule has 7 heteroatoms. The highest BCUT2D eigenvalue weighted by molar-refractivity contribution is 5.87. The van der Waals surface area contributed by atoms with Gasteiger partial charge in [0.05, 0.1) is 5.56 Å². The Hall–Kier alpha value is -1.57. The van der Waals surface area contributed by atoms with E-state index in [2.05, 4.69) is 0 Å². The van der Waals surface area contributed by atoms with Crippen molar-refractivity contribution in [2.75, 3.05) is 27.3 Å². The van der Waals surface area contributed by atoms with E-state index in [1.807, 2.05) is 4.90 Å². The number of carbonyl (C=O) groups is 1. The number of nitrogens with zero attached hydrogens (tertiary/aromatic N) is 1. The highest BCUT2D eigenvalue weighted by Crippen LogP contribution is 2.25. The molecule has 0 spiro atoms. The van der Waals surface area contributed by atoms with E-state index in [1.165, 1.54) is 0 Å². The first-order valence-electron chi connectivity index (χ1n) is 7.45. The van der Waals surface area contributed by atoms with Gasteiger partial charge in [0.15, 0.2) is 6.29 Å². The largest absolute Gasteiger partial charge is 0.478 e. The van der Waals surface area contributed by atoms with Crippen molar-refractivity contribution in [3.63, 3.8) is 0 Å². The predicted molar refractivity (Wildman–Crippen MR) is 79.1 cm³/mol. The number of hydrogen-bond acceptors (Lipinski definition) is 4. The highest BCUT2D eigenvalue weighted by Gasteiger charge is 2.27. The van der Waals surface area contributed by atoms with E-state index in [0.29, 0.717) is 13.1 Å². The van der Waals surface area contributed by atoms with Crippen LogP contribution in [0.3, 0.4) is 0 Å². The Morgan fingerprint density at radius 1 is 1.26 bits per heavy atom. The van der Waals surface area contributed by atoms with Crippen molar-refractivity contribution < 1.29 is 28.2 Å². The van der Waals surface area contributed by atoms with Crippen LogP contribution in [0, 0.1) is 17.6 Å². The number of likely N-dealkylation sites (tertiary alicyclic amines) is 1. The van der Waals surface area contributed by atoms with E-state index in [-0.39, 0.29) is 29.9 Å². The van der Waals surface area contributed by atoms with Crippen LogP contribution in [0.5, 0.6) is 0 Å². The zero-order chi connectivity index (χ0) is 17.0. The summed E-state index contributed by atoms with van der Waals surface area (Å²) in [5.74, 6) is -2.74. The van der Waals surface area contributed by atoms with Crippen LogP contribution in [0.4, 0.5) is 8.78 Å². The highest BCUT2D eigenvalue weighted by atomic mass is 19.1. The van der Waals surface area contributed by atoms with Gasteiger partial charge in [-0.1, -0.05) is 0 Å². The standard InChI is InChI=1S/C16H21F2NO4/c1-22-16(23-2)10-3-5-19(6-4-10)9-12-13(17)7-11(15(20)21)8-14(12)18/h7-8,10,16H,3-6,9H2,1-2H3,(H,20,21). The quantitative estimate of drug-likeness (QED) is 0.813. The minimum absolute atomic E-state index is 0.0940. The van der Waals surface area contributed by atoms with Gasteiger partial charge in [0.25, 0.3) is 0 Å². The van der Waals surface area contributed by atoms with Crippen molar-refractivity contribution in [3.05, 3.63) is 34.9 Å². The molecule has 0 unspecified atom stereocenters. The fraction of sp³-hybridized carbons (Fsp3) is 0.562. The third kappa shape index (κ3) is 4.25. The summed E-state index contributed by atoms with van der Waals surface area (Å²) in [7, 11) is 3.19. The average molecular weight is 329 g/mol. The van der Waals surface area contributed by atoms with Crippen LogP contribution in [-0.4, -0.2) is 49.6 Å². The van der Waals surface area contributed by atoms with Crippen molar-refractivity contribution in [3.8, 4) is 0 Å². The fourth-order valence-electron chi connectivity index (χ4n) is 2.97. The van der Waals surface area contributed by atoms with E-state index in [9.17, 15) is 13.6 Å². The van der Waals surface area contributed by atoms with E-state index in [4.69, 9.17) is 14.6 Å². The molecule has 0 atom stereocenters. The summed E-state index contributed by atoms with van der Waals surface area (Å²) in [6, 6.07) is 1.72. The van der Waals surface area contributed by atoms with Crippen LogP contribution in [0.15, 0.2) is 12.1 Å². The van der Waals surface area contributed by atoms with Gasteiger partial charge in [0.1, 0.15) is 11.6 Å². The van der Waals surface area contributed by atoms with E-state index >= 15 is 0 Å². The van der Waals surface area contributed by atoms with Crippen LogP contribution >= 0.6 is 0 Å². The maximum Gasteiger partial charge on any atom is 0.335 e. The molecule has 2 rings (SSSR count). The number of ether oxygens (including phenoxy) is 2. The number of halogens is 2. The molecule has 1 heterocycles. The maximum atomic E-state index is 14.0. The first kappa shape index (κ1) is 17.8. The van der Waals surface area contributed by atoms with Crippen molar-refractivity contribution in [1.29, 1.82) is 0 Å². The first-order valence-corrected chi connectivity index (χ1v) is 7.45. The van der Waals surface area contributed by atoms with Crippen LogP contribution in [-0.2, 0) is 16.0 Å². The Morgan fingerprint density at radius 2 is 1.78 bits per heavy atom. The van der Waals surface area contributed by atoms with Crippen molar-refractivity contribution in [2.24, 2.45) is 5.92 Å². The summed E-state index contributed by atoms with van der Waals surface area (Å²) in [5, 5.41) is 8.81. The molecule has 128 valence electrons. The number of piperidine rings is 1. The summed E-state index contributed by atoms with van der Waals surface area (Å²) in [4.78, 5) is 12.7. The maximum absolute atomic E-state index is 14.0. The lowest BCUT2D eigenvalue weighted by Gasteiger charge is -2.34. The molecule has 0 aromatic heterocycles. The molecule has 1 saturated heterocycles. The molecule has 0 aliphatic carbocycles. The van der Waals surface area contributed by atoms with Gasteiger partial charge < -0.3 is 14.6 Å². The third-order valence-corrected chi connectivity index (χ3v) is 4.25. The summed E-state index contributed by atoms with van der Waals surface area (Å²) in [6.45, 7) is 1.47. The number of carboxylic acid groups (broad SMARTS) is 1. The van der Waals surface area contributed by atoms with Gasteiger partial charge in [-0.25, -0.2) is 13.6 Å². The molecule has 1 aromatic rings. The van der Waals surface area contributed by atoms with E-state index in [1.54, 1.807) is 14.2 Å². The minimum Gasteiger partial charge on any atom is -0.478 e. The second-order valence-electron chi connectivity index (χ2n) is 5.68. The Bertz CT molecular complexity index is 532. The van der Waals surface area contributed by atoms with Gasteiger partial charge in [-0.15, -0.1) is 0 Å². The lowest BCUT2D eigenvalue weighted by molar-refractivity contribution is -0.147. The summed E-state index contributed by atoms with van der Waals surface area (Å²) in [5.41, 5.74) is -0.478. The van der Waals surface area contributed by atoms with Crippen molar-refractivity contribution in [1.82, 2.24) is 4.90 Å². The molecule has 1 aromatic carbocycles. The van der Waals surface area contributed by atoms with Crippen molar-refractivity contribution in [2.45, 2.75) is 25.7 Å². The Labute approximate surface area is 133 Å². The number of hydrogen-bond donors (Lipinski definition) is 1. The third-order valence-electron chi connectivity index (χ3n) is 4.25. The molecule has 1 aliphatic rings. The smallest absolute Gasteiger partial charge is 0.335 e. The molecule has 0 saturated carbocycles. The van der Waals surface area contributed by atoms with Crippen molar-refractivity contribution >= 4 is 5.97 Å². The lowest BCUT2D eigenvalue weighted by atomic mass is 9.95. The molecule has 0 amide bonds. The fourth-order valence-corrected chi connectivity index (χ4v) is 2.97. The van der Waals surface area contributed by atoms with Gasteiger partial charge in [-0.05, 0) is 38.1 Å². The Morgan fingerprint density at radius 3 is 2.22 bits per heavy atom. The molecular formula is C16H21F2NO4. The van der Waals surface area contributed by atoms with Crippen LogP contribution in [0.25, 0.3) is 0 Å². The number of benzene rings is 1. The molecule has 0 bridgehead atoms. The predicted octanol–water partition coefficient (Wildman–Crippen LogP) is 2.49. The second kappa shape index (κ2) is 7.81. The SMILES string of the molecule is COC(OC)C1CCN(Cc2c(F)cc(C(=O)O)cc2F)CC1. The van der Waals surface area contributed by atoms with Gasteiger partial charge in [0, 0.05) is 32.2 Å².